The molecule has 2 N–H and O–H groups in total. The molecule has 0 amide bonds. The molecule has 0 heterocycles. The van der Waals surface area contributed by atoms with E-state index in [4.69, 9.17) is 5.73 Å². The van der Waals surface area contributed by atoms with Crippen molar-refractivity contribution in [2.24, 2.45) is 0 Å². The second kappa shape index (κ2) is 6.13. The second-order valence-corrected chi connectivity index (χ2v) is 5.44. The predicted molar refractivity (Wildman–Crippen MR) is 89.2 cm³/mol. The van der Waals surface area contributed by atoms with Crippen molar-refractivity contribution in [1.82, 2.24) is 0 Å². The highest BCUT2D eigenvalue weighted by Gasteiger charge is 2.13. The monoisotopic (exact) mass is 267 g/mol. The smallest absolute Gasteiger partial charge is 0.0396 e. The molecule has 0 saturated carbocycles. The molecular weight excluding hydrogens is 242 g/mol. The van der Waals surface area contributed by atoms with Crippen LogP contribution in [0.25, 0.3) is 11.1 Å². The molecule has 20 heavy (non-hydrogen) atoms. The van der Waals surface area contributed by atoms with Crippen molar-refractivity contribution in [3.05, 3.63) is 52.6 Å². The van der Waals surface area contributed by atoms with Gasteiger partial charge in [0.25, 0.3) is 0 Å². The number of hydrogen-bond donors (Lipinski definition) is 1. The summed E-state index contributed by atoms with van der Waals surface area (Å²) in [6.45, 7) is 8.75. The van der Waals surface area contributed by atoms with Gasteiger partial charge in [0.2, 0.25) is 0 Å². The minimum atomic E-state index is 0.888. The predicted octanol–water partition coefficient (Wildman–Crippen LogP) is 4.93. The van der Waals surface area contributed by atoms with Crippen LogP contribution in [-0.2, 0) is 19.3 Å². The molecule has 0 radical (unpaired) electrons. The third kappa shape index (κ3) is 2.72. The van der Waals surface area contributed by atoms with Crippen molar-refractivity contribution < 1.29 is 0 Å². The summed E-state index contributed by atoms with van der Waals surface area (Å²) in [7, 11) is 0. The van der Waals surface area contributed by atoms with Gasteiger partial charge < -0.3 is 5.73 Å². The quantitative estimate of drug-likeness (QED) is 0.781. The molecule has 0 aliphatic heterocycles. The number of nitrogens with two attached hydrogens (primary N) is 1. The fourth-order valence-corrected chi connectivity index (χ4v) is 2.86. The second-order valence-electron chi connectivity index (χ2n) is 5.44. The molecule has 0 saturated heterocycles. The molecule has 0 bridgehead atoms. The topological polar surface area (TPSA) is 26.0 Å². The number of nitrogen functional groups attached to an aromatic ring is 1. The van der Waals surface area contributed by atoms with Crippen molar-refractivity contribution in [2.75, 3.05) is 5.73 Å². The standard InChI is InChI=1S/C19H25N/c1-5-14-11-15(6-2)19(16(7-3)12-14)17-9-8-13(4)10-18(17)20/h8-12H,5-7,20H2,1-4H3. The Labute approximate surface area is 122 Å². The van der Waals surface area contributed by atoms with Gasteiger partial charge in [-0.05, 0) is 60.1 Å². The van der Waals surface area contributed by atoms with Gasteiger partial charge in [-0.3, -0.25) is 0 Å². The van der Waals surface area contributed by atoms with Crippen LogP contribution in [0.4, 0.5) is 5.69 Å². The first kappa shape index (κ1) is 14.6. The van der Waals surface area contributed by atoms with E-state index >= 15 is 0 Å². The van der Waals surface area contributed by atoms with Gasteiger partial charge >= 0.3 is 0 Å². The minimum Gasteiger partial charge on any atom is -0.398 e. The summed E-state index contributed by atoms with van der Waals surface area (Å²) < 4.78 is 0. The van der Waals surface area contributed by atoms with Crippen LogP contribution in [0, 0.1) is 6.92 Å². The summed E-state index contributed by atoms with van der Waals surface area (Å²) in [4.78, 5) is 0. The SMILES string of the molecule is CCc1cc(CC)c(-c2ccc(C)cc2N)c(CC)c1. The van der Waals surface area contributed by atoms with E-state index in [0.29, 0.717) is 0 Å². The van der Waals surface area contributed by atoms with Gasteiger partial charge in [0.1, 0.15) is 0 Å². The van der Waals surface area contributed by atoms with Crippen molar-refractivity contribution in [1.29, 1.82) is 0 Å². The average Bonchev–Trinajstić information content (AvgIpc) is 2.46. The summed E-state index contributed by atoms with van der Waals surface area (Å²) >= 11 is 0. The minimum absolute atomic E-state index is 0.888. The number of benzene rings is 2. The molecule has 1 nitrogen and oxygen atoms in total. The Balaban J connectivity index is 2.71. The maximum absolute atomic E-state index is 6.27. The maximum atomic E-state index is 6.27. The largest absolute Gasteiger partial charge is 0.398 e. The molecule has 0 aliphatic carbocycles. The van der Waals surface area contributed by atoms with Gasteiger partial charge in [-0.15, -0.1) is 0 Å². The van der Waals surface area contributed by atoms with Crippen molar-refractivity contribution in [2.45, 2.75) is 47.0 Å². The average molecular weight is 267 g/mol. The molecular formula is C19H25N. The van der Waals surface area contributed by atoms with Gasteiger partial charge in [-0.25, -0.2) is 0 Å². The fourth-order valence-electron chi connectivity index (χ4n) is 2.86. The Morgan fingerprint density at radius 2 is 1.45 bits per heavy atom. The first-order valence-corrected chi connectivity index (χ1v) is 7.61. The van der Waals surface area contributed by atoms with Crippen LogP contribution in [0.2, 0.25) is 0 Å². The van der Waals surface area contributed by atoms with Gasteiger partial charge in [0, 0.05) is 11.3 Å². The molecule has 0 unspecified atom stereocenters. The van der Waals surface area contributed by atoms with Gasteiger partial charge in [0.15, 0.2) is 0 Å². The van der Waals surface area contributed by atoms with Gasteiger partial charge in [-0.1, -0.05) is 45.0 Å². The highest BCUT2D eigenvalue weighted by molar-refractivity contribution is 5.81. The van der Waals surface area contributed by atoms with Crippen LogP contribution in [0.3, 0.4) is 0 Å². The number of aryl methyl sites for hydroxylation is 4. The van der Waals surface area contributed by atoms with Crippen molar-refractivity contribution in [3.63, 3.8) is 0 Å². The zero-order valence-electron chi connectivity index (χ0n) is 13.1. The van der Waals surface area contributed by atoms with Crippen LogP contribution in [0.15, 0.2) is 30.3 Å². The molecule has 2 aromatic carbocycles. The maximum Gasteiger partial charge on any atom is 0.0396 e. The lowest BCUT2D eigenvalue weighted by Crippen LogP contribution is -2.00. The third-order valence-corrected chi connectivity index (χ3v) is 4.01. The van der Waals surface area contributed by atoms with Gasteiger partial charge in [0.05, 0.1) is 0 Å². The number of anilines is 1. The molecule has 2 rings (SSSR count). The number of rotatable bonds is 4. The van der Waals surface area contributed by atoms with E-state index in [1.165, 1.54) is 33.4 Å². The molecule has 106 valence electrons. The van der Waals surface area contributed by atoms with E-state index in [0.717, 1.165) is 24.9 Å². The van der Waals surface area contributed by atoms with Crippen LogP contribution < -0.4 is 5.73 Å². The van der Waals surface area contributed by atoms with E-state index in [2.05, 4.69) is 58.0 Å². The number of hydrogen-bond acceptors (Lipinski definition) is 1. The summed E-state index contributed by atoms with van der Waals surface area (Å²) in [5.74, 6) is 0. The Hall–Kier alpha value is -1.76. The normalized spacial score (nSPS) is 10.8. The van der Waals surface area contributed by atoms with E-state index in [-0.39, 0.29) is 0 Å². The molecule has 0 atom stereocenters. The zero-order chi connectivity index (χ0) is 14.7. The summed E-state index contributed by atoms with van der Waals surface area (Å²) in [5.41, 5.74) is 15.2. The van der Waals surface area contributed by atoms with E-state index in [1.54, 1.807) is 0 Å². The third-order valence-electron chi connectivity index (χ3n) is 4.01. The van der Waals surface area contributed by atoms with Crippen LogP contribution >= 0.6 is 0 Å². The Morgan fingerprint density at radius 1 is 0.850 bits per heavy atom. The van der Waals surface area contributed by atoms with E-state index in [1.807, 2.05) is 0 Å². The molecule has 0 aliphatic rings. The van der Waals surface area contributed by atoms with Crippen LogP contribution in [0.1, 0.15) is 43.0 Å². The molecule has 0 spiro atoms. The molecule has 0 fully saturated rings. The molecule has 1 heteroatoms. The van der Waals surface area contributed by atoms with E-state index < -0.39 is 0 Å². The van der Waals surface area contributed by atoms with Crippen LogP contribution in [-0.4, -0.2) is 0 Å². The first-order chi connectivity index (χ1) is 9.60. The van der Waals surface area contributed by atoms with Gasteiger partial charge in [-0.2, -0.15) is 0 Å². The van der Waals surface area contributed by atoms with E-state index in [9.17, 15) is 0 Å². The van der Waals surface area contributed by atoms with Crippen molar-refractivity contribution in [3.8, 4) is 11.1 Å². The molecule has 0 aromatic heterocycles. The Kier molecular flexibility index (Phi) is 4.49. The van der Waals surface area contributed by atoms with Crippen molar-refractivity contribution >= 4 is 5.69 Å². The lowest BCUT2D eigenvalue weighted by Gasteiger charge is -2.17. The summed E-state index contributed by atoms with van der Waals surface area (Å²) in [5, 5.41) is 0. The lowest BCUT2D eigenvalue weighted by atomic mass is 9.88. The zero-order valence-corrected chi connectivity index (χ0v) is 13.1. The van der Waals surface area contributed by atoms with Crippen LogP contribution in [0.5, 0.6) is 0 Å². The lowest BCUT2D eigenvalue weighted by molar-refractivity contribution is 1.05. The summed E-state index contributed by atoms with van der Waals surface area (Å²) in [6, 6.07) is 11.1. The highest BCUT2D eigenvalue weighted by Crippen LogP contribution is 2.34. The first-order valence-electron chi connectivity index (χ1n) is 7.61. The Morgan fingerprint density at radius 3 is 1.90 bits per heavy atom. The molecule has 2 aromatic rings. The summed E-state index contributed by atoms with van der Waals surface area (Å²) in [6.07, 6.45) is 3.18. The fraction of sp³-hybridized carbons (Fsp3) is 0.368. The Bertz CT molecular complexity index is 586. The highest BCUT2D eigenvalue weighted by atomic mass is 14.6.